The van der Waals surface area contributed by atoms with Gasteiger partial charge in [-0.25, -0.2) is 8.42 Å². The van der Waals surface area contributed by atoms with Crippen LogP contribution in [0.15, 0.2) is 0 Å². The van der Waals surface area contributed by atoms with Gasteiger partial charge in [0, 0.05) is 18.1 Å². The molecule has 4 heteroatoms. The Labute approximate surface area is 128 Å². The van der Waals surface area contributed by atoms with Crippen LogP contribution in [0.1, 0.15) is 65.2 Å². The van der Waals surface area contributed by atoms with E-state index >= 15 is 0 Å². The van der Waals surface area contributed by atoms with E-state index in [1.807, 2.05) is 0 Å². The Morgan fingerprint density at radius 3 is 2.10 bits per heavy atom. The fourth-order valence-corrected chi connectivity index (χ4v) is 7.19. The molecule has 0 aromatic heterocycles. The minimum Gasteiger partial charge on any atom is -0.299 e. The molecule has 4 aliphatic carbocycles. The van der Waals surface area contributed by atoms with Gasteiger partial charge in [-0.15, -0.1) is 0 Å². The lowest BCUT2D eigenvalue weighted by Crippen LogP contribution is -2.57. The first-order valence-corrected chi connectivity index (χ1v) is 10.3. The number of carbonyl (C=O) groups excluding carboxylic acids is 1. The van der Waals surface area contributed by atoms with Crippen molar-refractivity contribution in [3.63, 3.8) is 0 Å². The van der Waals surface area contributed by atoms with Crippen LogP contribution >= 0.6 is 0 Å². The predicted molar refractivity (Wildman–Crippen MR) is 83.8 cm³/mol. The van der Waals surface area contributed by atoms with Crippen molar-refractivity contribution in [2.45, 2.75) is 65.2 Å². The highest BCUT2D eigenvalue weighted by molar-refractivity contribution is 7.90. The lowest BCUT2D eigenvalue weighted by Gasteiger charge is -2.64. The predicted octanol–water partition coefficient (Wildman–Crippen LogP) is 3.38. The van der Waals surface area contributed by atoms with E-state index in [2.05, 4.69) is 13.8 Å². The van der Waals surface area contributed by atoms with E-state index < -0.39 is 9.84 Å². The topological polar surface area (TPSA) is 51.2 Å². The fraction of sp³-hybridized carbons (Fsp3) is 0.941. The first-order valence-electron chi connectivity index (χ1n) is 8.24. The maximum atomic E-state index is 12.9. The Bertz CT molecular complexity index is 545. The summed E-state index contributed by atoms with van der Waals surface area (Å²) in [4.78, 5) is 12.9. The summed E-state index contributed by atoms with van der Waals surface area (Å²) in [6.07, 6.45) is 9.22. The molecule has 0 aromatic rings. The number of rotatable bonds is 5. The van der Waals surface area contributed by atoms with Crippen molar-refractivity contribution in [1.29, 1.82) is 0 Å². The number of Topliss-reactive ketones (excluding diaryl/α,β-unsaturated/α-hetero) is 1. The molecule has 0 amide bonds. The number of sulfone groups is 1. The summed E-state index contributed by atoms with van der Waals surface area (Å²) in [5.41, 5.74) is 0.571. The van der Waals surface area contributed by atoms with Crippen LogP contribution < -0.4 is 0 Å². The largest absolute Gasteiger partial charge is 0.299 e. The Morgan fingerprint density at radius 1 is 1.05 bits per heavy atom. The highest BCUT2D eigenvalue weighted by atomic mass is 32.2. The first kappa shape index (κ1) is 15.5. The highest BCUT2D eigenvalue weighted by Gasteiger charge is 2.62. The van der Waals surface area contributed by atoms with Crippen LogP contribution in [-0.2, 0) is 14.6 Å². The molecule has 0 N–H and O–H groups in total. The van der Waals surface area contributed by atoms with E-state index in [1.54, 1.807) is 0 Å². The molecule has 4 fully saturated rings. The molecule has 120 valence electrons. The zero-order valence-electron chi connectivity index (χ0n) is 13.6. The zero-order valence-corrected chi connectivity index (χ0v) is 14.4. The van der Waals surface area contributed by atoms with E-state index in [0.29, 0.717) is 29.5 Å². The Kier molecular flexibility index (Phi) is 3.37. The summed E-state index contributed by atoms with van der Waals surface area (Å²) in [5.74, 6) is 1.22. The van der Waals surface area contributed by atoms with Gasteiger partial charge in [-0.3, -0.25) is 4.79 Å². The molecule has 4 saturated carbocycles. The molecule has 0 radical (unpaired) electrons. The second-order valence-corrected chi connectivity index (χ2v) is 11.3. The molecule has 2 atom stereocenters. The average molecular weight is 312 g/mol. The van der Waals surface area contributed by atoms with Crippen molar-refractivity contribution >= 4 is 15.6 Å². The monoisotopic (exact) mass is 312 g/mol. The molecule has 4 bridgehead atoms. The first-order chi connectivity index (χ1) is 9.53. The minimum atomic E-state index is -2.95. The summed E-state index contributed by atoms with van der Waals surface area (Å²) in [7, 11) is -2.95. The van der Waals surface area contributed by atoms with Crippen molar-refractivity contribution < 1.29 is 13.2 Å². The van der Waals surface area contributed by atoms with Crippen LogP contribution in [0.2, 0.25) is 0 Å². The van der Waals surface area contributed by atoms with E-state index in [9.17, 15) is 13.2 Å². The SMILES string of the molecule is CC12CC3CC(C)(C1)CC(C(=O)CCCS(C)(=O)=O)(C3)C2. The third-order valence-corrected chi connectivity index (χ3v) is 7.17. The van der Waals surface area contributed by atoms with E-state index in [4.69, 9.17) is 0 Å². The minimum absolute atomic E-state index is 0.125. The molecule has 0 heterocycles. The standard InChI is InChI=1S/C17H28O3S/c1-15-7-13-8-16(2,10-15)12-17(9-13,11-15)14(18)5-4-6-21(3,19)20/h13H,4-12H2,1-3H3. The van der Waals surface area contributed by atoms with Crippen molar-refractivity contribution in [3.05, 3.63) is 0 Å². The number of ketones is 1. The van der Waals surface area contributed by atoms with Gasteiger partial charge in [0.2, 0.25) is 0 Å². The summed E-state index contributed by atoms with van der Waals surface area (Å²) in [6.45, 7) is 4.74. The molecular weight excluding hydrogens is 284 g/mol. The molecule has 0 saturated heterocycles. The van der Waals surface area contributed by atoms with Crippen LogP contribution in [0.25, 0.3) is 0 Å². The van der Waals surface area contributed by atoms with Gasteiger partial charge >= 0.3 is 0 Å². The molecule has 2 unspecified atom stereocenters. The van der Waals surface area contributed by atoms with Crippen LogP contribution in [0.5, 0.6) is 0 Å². The van der Waals surface area contributed by atoms with E-state index in [-0.39, 0.29) is 11.2 Å². The number of hydrogen-bond acceptors (Lipinski definition) is 3. The smallest absolute Gasteiger partial charge is 0.147 e. The molecule has 0 aliphatic heterocycles. The molecule has 4 rings (SSSR count). The second kappa shape index (κ2) is 4.56. The van der Waals surface area contributed by atoms with Crippen molar-refractivity contribution in [3.8, 4) is 0 Å². The normalized spacial score (nSPS) is 45.0. The molecule has 0 aromatic carbocycles. The van der Waals surface area contributed by atoms with Gasteiger partial charge in [0.1, 0.15) is 15.6 Å². The highest BCUT2D eigenvalue weighted by Crippen LogP contribution is 2.69. The Morgan fingerprint density at radius 2 is 1.62 bits per heavy atom. The maximum Gasteiger partial charge on any atom is 0.147 e. The van der Waals surface area contributed by atoms with Gasteiger partial charge in [-0.05, 0) is 61.7 Å². The van der Waals surface area contributed by atoms with Crippen molar-refractivity contribution in [2.24, 2.45) is 22.2 Å². The summed E-state index contributed by atoms with van der Waals surface area (Å²) in [5, 5.41) is 0. The van der Waals surface area contributed by atoms with E-state index in [0.717, 1.165) is 25.2 Å². The van der Waals surface area contributed by atoms with Crippen LogP contribution in [0, 0.1) is 22.2 Å². The molecular formula is C17H28O3S. The Hall–Kier alpha value is -0.380. The summed E-state index contributed by atoms with van der Waals surface area (Å²) < 4.78 is 22.5. The maximum absolute atomic E-state index is 12.9. The molecule has 3 nitrogen and oxygen atoms in total. The molecule has 21 heavy (non-hydrogen) atoms. The van der Waals surface area contributed by atoms with E-state index in [1.165, 1.54) is 25.5 Å². The third kappa shape index (κ3) is 2.93. The number of hydrogen-bond donors (Lipinski definition) is 0. The van der Waals surface area contributed by atoms with Crippen molar-refractivity contribution in [2.75, 3.05) is 12.0 Å². The van der Waals surface area contributed by atoms with Crippen LogP contribution in [-0.4, -0.2) is 26.2 Å². The van der Waals surface area contributed by atoms with Gasteiger partial charge in [-0.2, -0.15) is 0 Å². The van der Waals surface area contributed by atoms with Crippen LogP contribution in [0.3, 0.4) is 0 Å². The summed E-state index contributed by atoms with van der Waals surface area (Å²) >= 11 is 0. The number of carbonyl (C=O) groups is 1. The molecule has 0 spiro atoms. The lowest BCUT2D eigenvalue weighted by molar-refractivity contribution is -0.168. The third-order valence-electron chi connectivity index (χ3n) is 6.14. The fourth-order valence-electron chi connectivity index (χ4n) is 6.52. The van der Waals surface area contributed by atoms with Gasteiger partial charge in [0.05, 0.1) is 5.75 Å². The van der Waals surface area contributed by atoms with Gasteiger partial charge < -0.3 is 0 Å². The van der Waals surface area contributed by atoms with Gasteiger partial charge in [-0.1, -0.05) is 13.8 Å². The Balaban J connectivity index is 1.74. The van der Waals surface area contributed by atoms with Gasteiger partial charge in [0.15, 0.2) is 0 Å². The zero-order chi connectivity index (χ0) is 15.5. The van der Waals surface area contributed by atoms with Gasteiger partial charge in [0.25, 0.3) is 0 Å². The summed E-state index contributed by atoms with van der Waals surface area (Å²) in [6, 6.07) is 0. The lowest BCUT2D eigenvalue weighted by atomic mass is 9.39. The van der Waals surface area contributed by atoms with Crippen molar-refractivity contribution in [1.82, 2.24) is 0 Å². The second-order valence-electron chi connectivity index (χ2n) is 9.07. The average Bonchev–Trinajstić information content (AvgIpc) is 2.21. The van der Waals surface area contributed by atoms with Crippen LogP contribution in [0.4, 0.5) is 0 Å². The molecule has 4 aliphatic rings. The quantitative estimate of drug-likeness (QED) is 0.782.